The van der Waals surface area contributed by atoms with Crippen molar-refractivity contribution in [2.75, 3.05) is 11.9 Å². The van der Waals surface area contributed by atoms with Gasteiger partial charge in [-0.15, -0.1) is 0 Å². The highest BCUT2D eigenvalue weighted by molar-refractivity contribution is 6.32. The second kappa shape index (κ2) is 5.36. The van der Waals surface area contributed by atoms with Gasteiger partial charge in [-0.05, 0) is 24.0 Å². The summed E-state index contributed by atoms with van der Waals surface area (Å²) in [6.45, 7) is 7.31. The van der Waals surface area contributed by atoms with Gasteiger partial charge < -0.3 is 5.32 Å². The van der Waals surface area contributed by atoms with Gasteiger partial charge in [-0.25, -0.2) is 0 Å². The average molecular weight is 257 g/mol. The molecule has 17 heavy (non-hydrogen) atoms. The van der Waals surface area contributed by atoms with E-state index in [9.17, 15) is 10.1 Å². The number of hydrogen-bond donors (Lipinski definition) is 1. The van der Waals surface area contributed by atoms with E-state index in [1.165, 1.54) is 6.07 Å². The normalized spacial score (nSPS) is 11.3. The Morgan fingerprint density at radius 1 is 1.41 bits per heavy atom. The van der Waals surface area contributed by atoms with Gasteiger partial charge in [0.2, 0.25) is 0 Å². The van der Waals surface area contributed by atoms with E-state index in [2.05, 4.69) is 26.1 Å². The Kier molecular flexibility index (Phi) is 4.34. The molecule has 5 heteroatoms. The molecular weight excluding hydrogens is 240 g/mol. The molecule has 1 aromatic carbocycles. The number of nitrogens with zero attached hydrogens (tertiary/aromatic N) is 1. The molecule has 0 aliphatic rings. The standard InChI is InChI=1S/C12H17ClN2O2/c1-12(2,3)6-7-14-9-4-5-11(15(16)17)10(13)8-9/h4-5,8,14H,6-7H2,1-3H3. The van der Waals surface area contributed by atoms with E-state index < -0.39 is 4.92 Å². The summed E-state index contributed by atoms with van der Waals surface area (Å²) in [5, 5.41) is 13.9. The van der Waals surface area contributed by atoms with Crippen molar-refractivity contribution in [2.24, 2.45) is 5.41 Å². The molecule has 1 aromatic rings. The third kappa shape index (κ3) is 4.61. The van der Waals surface area contributed by atoms with Gasteiger partial charge >= 0.3 is 0 Å². The number of benzene rings is 1. The zero-order valence-corrected chi connectivity index (χ0v) is 11.0. The summed E-state index contributed by atoms with van der Waals surface area (Å²) in [4.78, 5) is 10.1. The van der Waals surface area contributed by atoms with Crippen LogP contribution in [0.15, 0.2) is 18.2 Å². The first kappa shape index (κ1) is 13.8. The third-order valence-corrected chi connectivity index (χ3v) is 2.65. The Morgan fingerprint density at radius 2 is 2.06 bits per heavy atom. The van der Waals surface area contributed by atoms with Crippen LogP contribution in [0.25, 0.3) is 0 Å². The smallest absolute Gasteiger partial charge is 0.288 e. The highest BCUT2D eigenvalue weighted by Gasteiger charge is 2.13. The Hall–Kier alpha value is -1.29. The number of hydrogen-bond acceptors (Lipinski definition) is 3. The fourth-order valence-electron chi connectivity index (χ4n) is 1.35. The van der Waals surface area contributed by atoms with E-state index in [-0.39, 0.29) is 16.1 Å². The van der Waals surface area contributed by atoms with Gasteiger partial charge in [0, 0.05) is 18.3 Å². The van der Waals surface area contributed by atoms with Crippen molar-refractivity contribution in [1.29, 1.82) is 0 Å². The highest BCUT2D eigenvalue weighted by atomic mass is 35.5. The third-order valence-electron chi connectivity index (χ3n) is 2.35. The number of halogens is 1. The minimum atomic E-state index is -0.485. The molecule has 0 amide bonds. The van der Waals surface area contributed by atoms with Gasteiger partial charge in [-0.3, -0.25) is 10.1 Å². The van der Waals surface area contributed by atoms with Crippen LogP contribution in [0.3, 0.4) is 0 Å². The first-order chi connectivity index (χ1) is 7.79. The van der Waals surface area contributed by atoms with Gasteiger partial charge in [-0.2, -0.15) is 0 Å². The second-order valence-corrected chi connectivity index (χ2v) is 5.57. The fraction of sp³-hybridized carbons (Fsp3) is 0.500. The number of nitrogens with one attached hydrogen (secondary N) is 1. The van der Waals surface area contributed by atoms with E-state index in [0.29, 0.717) is 0 Å². The van der Waals surface area contributed by atoms with Crippen LogP contribution in [0.5, 0.6) is 0 Å². The summed E-state index contributed by atoms with van der Waals surface area (Å²) in [7, 11) is 0. The van der Waals surface area contributed by atoms with Gasteiger partial charge in [0.1, 0.15) is 5.02 Å². The maximum absolute atomic E-state index is 10.6. The summed E-state index contributed by atoms with van der Waals surface area (Å²) in [5.41, 5.74) is 1.01. The fourth-order valence-corrected chi connectivity index (χ4v) is 1.60. The van der Waals surface area contributed by atoms with Crippen molar-refractivity contribution in [3.8, 4) is 0 Å². The van der Waals surface area contributed by atoms with Crippen molar-refractivity contribution < 1.29 is 4.92 Å². The SMILES string of the molecule is CC(C)(C)CCNc1ccc([N+](=O)[O-])c(Cl)c1. The molecule has 1 N–H and O–H groups in total. The molecule has 0 heterocycles. The molecule has 94 valence electrons. The van der Waals surface area contributed by atoms with Gasteiger partial charge in [0.05, 0.1) is 4.92 Å². The first-order valence-corrected chi connectivity index (χ1v) is 5.85. The van der Waals surface area contributed by atoms with E-state index in [0.717, 1.165) is 18.7 Å². The monoisotopic (exact) mass is 256 g/mol. The topological polar surface area (TPSA) is 55.2 Å². The lowest BCUT2D eigenvalue weighted by Gasteiger charge is -2.18. The molecule has 1 rings (SSSR count). The zero-order chi connectivity index (χ0) is 13.1. The summed E-state index contributed by atoms with van der Waals surface area (Å²) < 4.78 is 0. The molecule has 4 nitrogen and oxygen atoms in total. The summed E-state index contributed by atoms with van der Waals surface area (Å²) in [6, 6.07) is 4.68. The van der Waals surface area contributed by atoms with Crippen LogP contribution in [0.1, 0.15) is 27.2 Å². The van der Waals surface area contributed by atoms with Gasteiger partial charge in [-0.1, -0.05) is 32.4 Å². The van der Waals surface area contributed by atoms with Crippen molar-refractivity contribution >= 4 is 23.0 Å². The van der Waals surface area contributed by atoms with Gasteiger partial charge in [0.25, 0.3) is 5.69 Å². The lowest BCUT2D eigenvalue weighted by Crippen LogP contribution is -2.12. The summed E-state index contributed by atoms with van der Waals surface area (Å²) in [5.74, 6) is 0. The van der Waals surface area contributed by atoms with Crippen molar-refractivity contribution in [3.05, 3.63) is 33.3 Å². The Bertz CT molecular complexity index is 413. The van der Waals surface area contributed by atoms with Crippen molar-refractivity contribution in [3.63, 3.8) is 0 Å². The molecule has 0 fully saturated rings. The average Bonchev–Trinajstić information content (AvgIpc) is 2.15. The minimum Gasteiger partial charge on any atom is -0.385 e. The maximum Gasteiger partial charge on any atom is 0.288 e. The highest BCUT2D eigenvalue weighted by Crippen LogP contribution is 2.27. The molecule has 0 bridgehead atoms. The summed E-state index contributed by atoms with van der Waals surface area (Å²) in [6.07, 6.45) is 1.02. The second-order valence-electron chi connectivity index (χ2n) is 5.16. The van der Waals surface area contributed by atoms with Crippen molar-refractivity contribution in [1.82, 2.24) is 0 Å². The molecule has 0 unspecified atom stereocenters. The lowest BCUT2D eigenvalue weighted by molar-refractivity contribution is -0.384. The molecule has 0 saturated heterocycles. The van der Waals surface area contributed by atoms with Crippen LogP contribution < -0.4 is 5.32 Å². The zero-order valence-electron chi connectivity index (χ0n) is 10.3. The predicted octanol–water partition coefficient (Wildman–Crippen LogP) is 4.10. The van der Waals surface area contributed by atoms with E-state index >= 15 is 0 Å². The van der Waals surface area contributed by atoms with Crippen LogP contribution >= 0.6 is 11.6 Å². The number of nitro groups is 1. The molecule has 0 spiro atoms. The van der Waals surface area contributed by atoms with E-state index in [1.54, 1.807) is 12.1 Å². The number of nitro benzene ring substituents is 1. The molecule has 0 aromatic heterocycles. The minimum absolute atomic E-state index is 0.0620. The number of anilines is 1. The number of rotatable bonds is 4. The predicted molar refractivity (Wildman–Crippen MR) is 70.7 cm³/mol. The summed E-state index contributed by atoms with van der Waals surface area (Å²) >= 11 is 5.81. The quantitative estimate of drug-likeness (QED) is 0.652. The molecular formula is C12H17ClN2O2. The Labute approximate surface area is 106 Å². The first-order valence-electron chi connectivity index (χ1n) is 5.47. The van der Waals surface area contributed by atoms with Crippen LogP contribution in [-0.2, 0) is 0 Å². The largest absolute Gasteiger partial charge is 0.385 e. The van der Waals surface area contributed by atoms with Crippen LogP contribution in [0, 0.1) is 15.5 Å². The Balaban J connectivity index is 2.62. The van der Waals surface area contributed by atoms with Crippen LogP contribution in [0.2, 0.25) is 5.02 Å². The molecule has 0 radical (unpaired) electrons. The van der Waals surface area contributed by atoms with Crippen LogP contribution in [-0.4, -0.2) is 11.5 Å². The maximum atomic E-state index is 10.6. The van der Waals surface area contributed by atoms with Crippen molar-refractivity contribution in [2.45, 2.75) is 27.2 Å². The molecule has 0 aliphatic carbocycles. The van der Waals surface area contributed by atoms with E-state index in [4.69, 9.17) is 11.6 Å². The molecule has 0 saturated carbocycles. The Morgan fingerprint density at radius 3 is 2.53 bits per heavy atom. The lowest BCUT2D eigenvalue weighted by atomic mass is 9.92. The van der Waals surface area contributed by atoms with E-state index in [1.807, 2.05) is 0 Å². The van der Waals surface area contributed by atoms with Gasteiger partial charge in [0.15, 0.2) is 0 Å². The molecule has 0 aliphatic heterocycles. The van der Waals surface area contributed by atoms with Crippen LogP contribution in [0.4, 0.5) is 11.4 Å². The molecule has 0 atom stereocenters.